The molecule has 0 bridgehead atoms. The number of imide groups is 1. The topological polar surface area (TPSA) is 78.5 Å². The van der Waals surface area contributed by atoms with Crippen molar-refractivity contribution >= 4 is 23.5 Å². The van der Waals surface area contributed by atoms with Gasteiger partial charge in [0.15, 0.2) is 5.54 Å². The Morgan fingerprint density at radius 2 is 1.50 bits per heavy atom. The molecule has 1 atom stereocenters. The molecule has 0 radical (unpaired) electrons. The van der Waals surface area contributed by atoms with Crippen molar-refractivity contribution in [3.8, 4) is 0 Å². The number of nitrogens with one attached hydrogen (secondary N) is 2. The Morgan fingerprint density at radius 3 is 2.12 bits per heavy atom. The van der Waals surface area contributed by atoms with E-state index in [1.54, 1.807) is 0 Å². The largest absolute Gasteiger partial charge is 0.325 e. The number of hydrogen-bond acceptors (Lipinski definition) is 3. The van der Waals surface area contributed by atoms with Crippen LogP contribution in [-0.4, -0.2) is 29.3 Å². The fourth-order valence-corrected chi connectivity index (χ4v) is 4.20. The summed E-state index contributed by atoms with van der Waals surface area (Å²) in [6.45, 7) is 3.52. The van der Waals surface area contributed by atoms with Gasteiger partial charge in [-0.3, -0.25) is 14.5 Å². The molecule has 3 aromatic rings. The normalized spacial score (nSPS) is 17.9. The number of aryl methyl sites for hydroxylation is 2. The molecule has 32 heavy (non-hydrogen) atoms. The van der Waals surface area contributed by atoms with Gasteiger partial charge in [0.05, 0.1) is 0 Å². The summed E-state index contributed by atoms with van der Waals surface area (Å²) in [4.78, 5) is 40.2. The maximum atomic E-state index is 13.6. The van der Waals surface area contributed by atoms with E-state index in [-0.39, 0.29) is 13.0 Å². The Balaban J connectivity index is 1.60. The van der Waals surface area contributed by atoms with Gasteiger partial charge in [-0.15, -0.1) is 0 Å². The monoisotopic (exact) mass is 427 g/mol. The second-order valence-corrected chi connectivity index (χ2v) is 8.18. The van der Waals surface area contributed by atoms with E-state index in [4.69, 9.17) is 0 Å². The zero-order valence-electron chi connectivity index (χ0n) is 18.1. The van der Waals surface area contributed by atoms with Gasteiger partial charge in [0.25, 0.3) is 5.91 Å². The first-order valence-corrected chi connectivity index (χ1v) is 10.5. The van der Waals surface area contributed by atoms with Gasteiger partial charge in [0, 0.05) is 12.1 Å². The second kappa shape index (κ2) is 8.67. The summed E-state index contributed by atoms with van der Waals surface area (Å²) >= 11 is 0. The summed E-state index contributed by atoms with van der Waals surface area (Å²) in [6.07, 6.45) is 0.289. The summed E-state index contributed by atoms with van der Waals surface area (Å²) < 4.78 is 0. The molecule has 4 rings (SSSR count). The van der Waals surface area contributed by atoms with E-state index in [2.05, 4.69) is 10.6 Å². The lowest BCUT2D eigenvalue weighted by Crippen LogP contribution is -2.46. The molecule has 1 heterocycles. The van der Waals surface area contributed by atoms with Gasteiger partial charge in [-0.1, -0.05) is 66.7 Å². The zero-order chi connectivity index (χ0) is 22.7. The van der Waals surface area contributed by atoms with Crippen LogP contribution in [0.1, 0.15) is 22.3 Å². The molecule has 3 aromatic carbocycles. The SMILES string of the molecule is Cc1cc(C)cc(NC(=O)CN2C(=O)N[C@](Cc3ccccc3)(c3ccccc3)C2=O)c1. The fraction of sp³-hybridized carbons (Fsp3) is 0.192. The van der Waals surface area contributed by atoms with Gasteiger partial charge in [-0.2, -0.15) is 0 Å². The molecule has 0 unspecified atom stereocenters. The lowest BCUT2D eigenvalue weighted by atomic mass is 9.83. The van der Waals surface area contributed by atoms with Crippen molar-refractivity contribution in [2.45, 2.75) is 25.8 Å². The highest BCUT2D eigenvalue weighted by Crippen LogP contribution is 2.33. The first-order chi connectivity index (χ1) is 15.4. The maximum absolute atomic E-state index is 13.6. The van der Waals surface area contributed by atoms with Gasteiger partial charge < -0.3 is 10.6 Å². The van der Waals surface area contributed by atoms with Crippen molar-refractivity contribution in [3.05, 3.63) is 101 Å². The Labute approximate surface area is 187 Å². The minimum Gasteiger partial charge on any atom is -0.325 e. The van der Waals surface area contributed by atoms with Gasteiger partial charge in [0.1, 0.15) is 6.54 Å². The van der Waals surface area contributed by atoms with E-state index in [1.165, 1.54) is 0 Å². The number of amides is 4. The standard InChI is InChI=1S/C26H25N3O3/c1-18-13-19(2)15-22(14-18)27-23(30)17-29-24(31)26(28-25(29)32,21-11-7-4-8-12-21)16-20-9-5-3-6-10-20/h3-15H,16-17H2,1-2H3,(H,27,30)(H,28,32)/t26-/m1/s1. The lowest BCUT2D eigenvalue weighted by molar-refractivity contribution is -0.134. The van der Waals surface area contributed by atoms with Gasteiger partial charge in [0.2, 0.25) is 5.91 Å². The number of carbonyl (C=O) groups is 3. The Hall–Kier alpha value is -3.93. The highest BCUT2D eigenvalue weighted by molar-refractivity contribution is 6.10. The molecule has 2 N–H and O–H groups in total. The molecule has 6 nitrogen and oxygen atoms in total. The van der Waals surface area contributed by atoms with Crippen molar-refractivity contribution in [2.24, 2.45) is 0 Å². The molecular weight excluding hydrogens is 402 g/mol. The third-order valence-electron chi connectivity index (χ3n) is 5.56. The second-order valence-electron chi connectivity index (χ2n) is 8.18. The Kier molecular flexibility index (Phi) is 5.77. The van der Waals surface area contributed by atoms with Crippen LogP contribution in [0, 0.1) is 13.8 Å². The molecule has 1 aliphatic heterocycles. The molecule has 0 saturated carbocycles. The van der Waals surface area contributed by atoms with Crippen molar-refractivity contribution in [1.29, 1.82) is 0 Å². The van der Waals surface area contributed by atoms with Crippen LogP contribution in [0.4, 0.5) is 10.5 Å². The lowest BCUT2D eigenvalue weighted by Gasteiger charge is -2.27. The molecule has 4 amide bonds. The van der Waals surface area contributed by atoms with E-state index >= 15 is 0 Å². The van der Waals surface area contributed by atoms with Gasteiger partial charge >= 0.3 is 6.03 Å². The number of urea groups is 1. The van der Waals surface area contributed by atoms with Crippen molar-refractivity contribution in [1.82, 2.24) is 10.2 Å². The molecule has 0 spiro atoms. The molecule has 0 aromatic heterocycles. The van der Waals surface area contributed by atoms with Crippen LogP contribution >= 0.6 is 0 Å². The van der Waals surface area contributed by atoms with Crippen LogP contribution in [0.5, 0.6) is 0 Å². The summed E-state index contributed by atoms with van der Waals surface area (Å²) in [5.41, 5.74) is 2.99. The van der Waals surface area contributed by atoms with E-state index in [9.17, 15) is 14.4 Å². The number of carbonyl (C=O) groups excluding carboxylic acids is 3. The predicted octanol–water partition coefficient (Wildman–Crippen LogP) is 3.93. The maximum Gasteiger partial charge on any atom is 0.325 e. The molecule has 1 saturated heterocycles. The summed E-state index contributed by atoms with van der Waals surface area (Å²) in [5, 5.41) is 5.67. The number of hydrogen-bond donors (Lipinski definition) is 2. The highest BCUT2D eigenvalue weighted by Gasteiger charge is 2.52. The highest BCUT2D eigenvalue weighted by atomic mass is 16.2. The van der Waals surface area contributed by atoms with Gasteiger partial charge in [-0.05, 0) is 48.2 Å². The van der Waals surface area contributed by atoms with E-state index < -0.39 is 23.4 Å². The van der Waals surface area contributed by atoms with E-state index in [0.29, 0.717) is 11.3 Å². The first-order valence-electron chi connectivity index (χ1n) is 10.5. The van der Waals surface area contributed by atoms with Crippen LogP contribution in [-0.2, 0) is 21.5 Å². The Morgan fingerprint density at radius 1 is 0.906 bits per heavy atom. The summed E-state index contributed by atoms with van der Waals surface area (Å²) in [6, 6.07) is 23.8. The van der Waals surface area contributed by atoms with E-state index in [1.807, 2.05) is 92.7 Å². The van der Waals surface area contributed by atoms with Crippen molar-refractivity contribution in [3.63, 3.8) is 0 Å². The van der Waals surface area contributed by atoms with Crippen LogP contribution in [0.15, 0.2) is 78.9 Å². The minimum absolute atomic E-state index is 0.289. The molecule has 0 aliphatic carbocycles. The van der Waals surface area contributed by atoms with Gasteiger partial charge in [-0.25, -0.2) is 4.79 Å². The molecule has 1 aliphatic rings. The molecular formula is C26H25N3O3. The number of rotatable bonds is 6. The number of benzene rings is 3. The minimum atomic E-state index is -1.26. The average molecular weight is 428 g/mol. The summed E-state index contributed by atoms with van der Waals surface area (Å²) in [7, 11) is 0. The van der Waals surface area contributed by atoms with Crippen molar-refractivity contribution < 1.29 is 14.4 Å². The fourth-order valence-electron chi connectivity index (χ4n) is 4.20. The summed E-state index contributed by atoms with van der Waals surface area (Å²) in [5.74, 6) is -0.866. The predicted molar refractivity (Wildman–Crippen MR) is 123 cm³/mol. The molecule has 6 heteroatoms. The molecule has 1 fully saturated rings. The number of anilines is 1. The average Bonchev–Trinajstić information content (AvgIpc) is 2.99. The quantitative estimate of drug-likeness (QED) is 0.585. The van der Waals surface area contributed by atoms with Crippen LogP contribution in [0.2, 0.25) is 0 Å². The van der Waals surface area contributed by atoms with Crippen LogP contribution < -0.4 is 10.6 Å². The number of nitrogens with zero attached hydrogens (tertiary/aromatic N) is 1. The smallest absolute Gasteiger partial charge is 0.325 e. The van der Waals surface area contributed by atoms with Crippen molar-refractivity contribution in [2.75, 3.05) is 11.9 Å². The molecule has 162 valence electrons. The third kappa shape index (κ3) is 4.25. The third-order valence-corrected chi connectivity index (χ3v) is 5.56. The Bertz CT molecular complexity index is 1140. The van der Waals surface area contributed by atoms with E-state index in [0.717, 1.165) is 21.6 Å². The first kappa shape index (κ1) is 21.3. The van der Waals surface area contributed by atoms with Crippen LogP contribution in [0.25, 0.3) is 0 Å². The van der Waals surface area contributed by atoms with Crippen LogP contribution in [0.3, 0.4) is 0 Å². The zero-order valence-corrected chi connectivity index (χ0v) is 18.1.